The van der Waals surface area contributed by atoms with Gasteiger partial charge < -0.3 is 4.42 Å². The highest BCUT2D eigenvalue weighted by Crippen LogP contribution is 2.25. The number of benzene rings is 2. The summed E-state index contributed by atoms with van der Waals surface area (Å²) < 4.78 is 5.97. The Morgan fingerprint density at radius 1 is 0.833 bits per heavy atom. The maximum absolute atomic E-state index is 12.4. The molecule has 90 valence electrons. The first-order chi connectivity index (χ1) is 8.59. The van der Waals surface area contributed by atoms with E-state index in [1.54, 1.807) is 0 Å². The van der Waals surface area contributed by atoms with Crippen LogP contribution < -0.4 is 5.43 Å². The molecule has 0 fully saturated rings. The summed E-state index contributed by atoms with van der Waals surface area (Å²) in [4.78, 5) is 12.4. The molecule has 3 rings (SSSR count). The molecule has 0 amide bonds. The second kappa shape index (κ2) is 3.70. The summed E-state index contributed by atoms with van der Waals surface area (Å²) in [6.45, 7) is 5.98. The summed E-state index contributed by atoms with van der Waals surface area (Å²) in [7, 11) is 0. The Hall–Kier alpha value is -2.09. The van der Waals surface area contributed by atoms with Crippen LogP contribution in [-0.2, 0) is 0 Å². The van der Waals surface area contributed by atoms with Crippen LogP contribution in [0.5, 0.6) is 0 Å². The summed E-state index contributed by atoms with van der Waals surface area (Å²) in [5, 5.41) is 1.32. The molecule has 0 N–H and O–H groups in total. The molecule has 2 heteroatoms. The van der Waals surface area contributed by atoms with Crippen LogP contribution in [0.3, 0.4) is 0 Å². The van der Waals surface area contributed by atoms with Crippen molar-refractivity contribution < 1.29 is 4.42 Å². The van der Waals surface area contributed by atoms with Crippen LogP contribution >= 0.6 is 0 Å². The topological polar surface area (TPSA) is 30.2 Å². The Morgan fingerprint density at radius 3 is 2.33 bits per heavy atom. The van der Waals surface area contributed by atoms with Crippen LogP contribution in [0.2, 0.25) is 0 Å². The van der Waals surface area contributed by atoms with E-state index >= 15 is 0 Å². The van der Waals surface area contributed by atoms with E-state index in [9.17, 15) is 4.79 Å². The average molecular weight is 238 g/mol. The van der Waals surface area contributed by atoms with E-state index in [2.05, 4.69) is 0 Å². The minimum atomic E-state index is 0.0538. The SMILES string of the molecule is Cc1ccc2c(=O)c3cccc(C)c3oc2c1C. The number of rotatable bonds is 0. The lowest BCUT2D eigenvalue weighted by Gasteiger charge is -2.07. The van der Waals surface area contributed by atoms with Crippen LogP contribution in [0.1, 0.15) is 16.7 Å². The van der Waals surface area contributed by atoms with E-state index in [-0.39, 0.29) is 5.43 Å². The number of fused-ring (bicyclic) bond motifs is 2. The quantitative estimate of drug-likeness (QED) is 0.556. The molecular weight excluding hydrogens is 224 g/mol. The fraction of sp³-hybridized carbons (Fsp3) is 0.188. The highest BCUT2D eigenvalue weighted by Gasteiger charge is 2.11. The van der Waals surface area contributed by atoms with Gasteiger partial charge in [-0.3, -0.25) is 4.79 Å². The van der Waals surface area contributed by atoms with Crippen molar-refractivity contribution in [1.82, 2.24) is 0 Å². The molecule has 1 heterocycles. The lowest BCUT2D eigenvalue weighted by molar-refractivity contribution is 0.653. The normalized spacial score (nSPS) is 11.3. The first-order valence-corrected chi connectivity index (χ1v) is 6.02. The molecule has 0 aliphatic carbocycles. The van der Waals surface area contributed by atoms with Gasteiger partial charge in [0.2, 0.25) is 5.43 Å². The second-order valence-corrected chi connectivity index (χ2v) is 4.77. The molecule has 18 heavy (non-hydrogen) atoms. The Balaban J connectivity index is 2.66. The third kappa shape index (κ3) is 1.39. The highest BCUT2D eigenvalue weighted by atomic mass is 16.3. The Bertz CT molecular complexity index is 826. The predicted molar refractivity (Wildman–Crippen MR) is 74.2 cm³/mol. The fourth-order valence-corrected chi connectivity index (χ4v) is 2.31. The standard InChI is InChI=1S/C16H14O2/c1-9-7-8-13-14(17)12-6-4-5-10(2)15(12)18-16(13)11(9)3/h4-8H,1-3H3. The number of para-hydroxylation sites is 1. The Morgan fingerprint density at radius 2 is 1.56 bits per heavy atom. The van der Waals surface area contributed by atoms with Gasteiger partial charge in [0.05, 0.1) is 10.8 Å². The van der Waals surface area contributed by atoms with Crippen molar-refractivity contribution in [3.05, 3.63) is 57.2 Å². The maximum atomic E-state index is 12.4. The molecule has 0 spiro atoms. The smallest absolute Gasteiger partial charge is 0.200 e. The maximum Gasteiger partial charge on any atom is 0.200 e. The van der Waals surface area contributed by atoms with Gasteiger partial charge in [0, 0.05) is 0 Å². The molecule has 2 aromatic carbocycles. The van der Waals surface area contributed by atoms with Crippen LogP contribution in [0.4, 0.5) is 0 Å². The predicted octanol–water partition coefficient (Wildman–Crippen LogP) is 3.87. The monoisotopic (exact) mass is 238 g/mol. The van der Waals surface area contributed by atoms with E-state index in [4.69, 9.17) is 4.42 Å². The van der Waals surface area contributed by atoms with Crippen molar-refractivity contribution in [2.24, 2.45) is 0 Å². The summed E-state index contributed by atoms with van der Waals surface area (Å²) in [5.41, 5.74) is 4.63. The zero-order chi connectivity index (χ0) is 12.9. The van der Waals surface area contributed by atoms with Crippen molar-refractivity contribution in [3.63, 3.8) is 0 Å². The van der Waals surface area contributed by atoms with E-state index in [0.717, 1.165) is 16.7 Å². The van der Waals surface area contributed by atoms with Gasteiger partial charge in [0.15, 0.2) is 0 Å². The molecule has 0 saturated carbocycles. The molecular formula is C16H14O2. The van der Waals surface area contributed by atoms with Gasteiger partial charge in [-0.1, -0.05) is 18.2 Å². The van der Waals surface area contributed by atoms with Crippen LogP contribution in [0, 0.1) is 20.8 Å². The van der Waals surface area contributed by atoms with E-state index in [1.165, 1.54) is 0 Å². The lowest BCUT2D eigenvalue weighted by atomic mass is 10.0. The average Bonchev–Trinajstić information content (AvgIpc) is 2.36. The van der Waals surface area contributed by atoms with Gasteiger partial charge in [-0.2, -0.15) is 0 Å². The second-order valence-electron chi connectivity index (χ2n) is 4.77. The van der Waals surface area contributed by atoms with Crippen molar-refractivity contribution in [3.8, 4) is 0 Å². The fourth-order valence-electron chi connectivity index (χ4n) is 2.31. The van der Waals surface area contributed by atoms with Gasteiger partial charge in [-0.05, 0) is 49.6 Å². The molecule has 0 bridgehead atoms. The summed E-state index contributed by atoms with van der Waals surface area (Å²) >= 11 is 0. The van der Waals surface area contributed by atoms with E-state index in [1.807, 2.05) is 51.1 Å². The molecule has 2 nitrogen and oxygen atoms in total. The molecule has 0 aliphatic rings. The lowest BCUT2D eigenvalue weighted by Crippen LogP contribution is -2.03. The van der Waals surface area contributed by atoms with Gasteiger partial charge in [0.25, 0.3) is 0 Å². The van der Waals surface area contributed by atoms with Gasteiger partial charge >= 0.3 is 0 Å². The zero-order valence-corrected chi connectivity index (χ0v) is 10.7. The first-order valence-electron chi connectivity index (χ1n) is 6.02. The largest absolute Gasteiger partial charge is 0.455 e. The summed E-state index contributed by atoms with van der Waals surface area (Å²) in [6.07, 6.45) is 0. The minimum absolute atomic E-state index is 0.0538. The molecule has 1 aromatic heterocycles. The first kappa shape index (κ1) is 11.0. The van der Waals surface area contributed by atoms with Gasteiger partial charge in [-0.15, -0.1) is 0 Å². The van der Waals surface area contributed by atoms with Gasteiger partial charge in [0.1, 0.15) is 11.2 Å². The number of hydrogen-bond donors (Lipinski definition) is 0. The van der Waals surface area contributed by atoms with Crippen LogP contribution in [0.25, 0.3) is 21.9 Å². The molecule has 0 radical (unpaired) electrons. The number of hydrogen-bond acceptors (Lipinski definition) is 2. The van der Waals surface area contributed by atoms with Crippen LogP contribution in [-0.4, -0.2) is 0 Å². The van der Waals surface area contributed by atoms with E-state index in [0.29, 0.717) is 21.9 Å². The van der Waals surface area contributed by atoms with Gasteiger partial charge in [-0.25, -0.2) is 0 Å². The number of aryl methyl sites for hydroxylation is 3. The summed E-state index contributed by atoms with van der Waals surface area (Å²) in [5.74, 6) is 0. The third-order valence-corrected chi connectivity index (χ3v) is 3.58. The Labute approximate surface area is 105 Å². The molecule has 0 aliphatic heterocycles. The molecule has 0 saturated heterocycles. The van der Waals surface area contributed by atoms with Crippen molar-refractivity contribution in [1.29, 1.82) is 0 Å². The van der Waals surface area contributed by atoms with Crippen molar-refractivity contribution in [2.75, 3.05) is 0 Å². The van der Waals surface area contributed by atoms with E-state index < -0.39 is 0 Å². The summed E-state index contributed by atoms with van der Waals surface area (Å²) in [6, 6.07) is 9.49. The Kier molecular flexibility index (Phi) is 2.27. The highest BCUT2D eigenvalue weighted by molar-refractivity contribution is 5.92. The molecule has 0 unspecified atom stereocenters. The zero-order valence-electron chi connectivity index (χ0n) is 10.7. The van der Waals surface area contributed by atoms with Crippen molar-refractivity contribution in [2.45, 2.75) is 20.8 Å². The van der Waals surface area contributed by atoms with Crippen LogP contribution in [0.15, 0.2) is 39.5 Å². The minimum Gasteiger partial charge on any atom is -0.455 e. The third-order valence-electron chi connectivity index (χ3n) is 3.58. The van der Waals surface area contributed by atoms with Crippen molar-refractivity contribution >= 4 is 21.9 Å². The molecule has 3 aromatic rings. The molecule has 0 atom stereocenters.